The maximum Gasteiger partial charge on any atom is 0.335 e. The molecule has 1 N–H and O–H groups in total. The topological polar surface area (TPSA) is 54.4 Å². The van der Waals surface area contributed by atoms with Gasteiger partial charge in [0.2, 0.25) is 0 Å². The molecule has 3 nitrogen and oxygen atoms in total. The molecule has 3 aliphatic carbocycles. The van der Waals surface area contributed by atoms with E-state index in [1.54, 1.807) is 0 Å². The molecule has 126 valence electrons. The predicted molar refractivity (Wildman–Crippen MR) is 92.7 cm³/mol. The average Bonchev–Trinajstić information content (AvgIpc) is 2.88. The van der Waals surface area contributed by atoms with Crippen LogP contribution in [-0.2, 0) is 16.0 Å². The van der Waals surface area contributed by atoms with Crippen molar-refractivity contribution in [3.63, 3.8) is 0 Å². The van der Waals surface area contributed by atoms with Gasteiger partial charge in [0.15, 0.2) is 0 Å². The van der Waals surface area contributed by atoms with Gasteiger partial charge in [-0.2, -0.15) is 0 Å². The second-order valence-corrected chi connectivity index (χ2v) is 8.03. The van der Waals surface area contributed by atoms with Crippen molar-refractivity contribution in [2.45, 2.75) is 51.4 Å². The summed E-state index contributed by atoms with van der Waals surface area (Å²) >= 11 is 0. The molecule has 3 aliphatic rings. The Morgan fingerprint density at radius 1 is 1.25 bits per heavy atom. The highest BCUT2D eigenvalue weighted by atomic mass is 16.4. The van der Waals surface area contributed by atoms with Crippen molar-refractivity contribution < 1.29 is 14.7 Å². The standard InChI is InChI=1S/C21H24O3/c1-12(20(23)24)13-3-5-15-14(11-13)4-6-17-16(15)9-10-21(2)18(17)7-8-19(21)22/h3,5,11,16-18H,1,4,6-10H2,2H3,(H,23,24)/t16-,17+,18+,21+/m1/s1. The van der Waals surface area contributed by atoms with Crippen LogP contribution < -0.4 is 0 Å². The molecule has 0 aliphatic heterocycles. The summed E-state index contributed by atoms with van der Waals surface area (Å²) in [7, 11) is 0. The second-order valence-electron chi connectivity index (χ2n) is 8.03. The summed E-state index contributed by atoms with van der Waals surface area (Å²) in [6.45, 7) is 5.87. The van der Waals surface area contributed by atoms with Gasteiger partial charge in [0.05, 0.1) is 5.57 Å². The molecule has 1 aromatic rings. The van der Waals surface area contributed by atoms with Gasteiger partial charge in [-0.3, -0.25) is 4.79 Å². The highest BCUT2D eigenvalue weighted by Crippen LogP contribution is 2.59. The Balaban J connectivity index is 1.67. The van der Waals surface area contributed by atoms with E-state index in [0.29, 0.717) is 23.5 Å². The van der Waals surface area contributed by atoms with Gasteiger partial charge in [-0.15, -0.1) is 0 Å². The van der Waals surface area contributed by atoms with E-state index < -0.39 is 5.97 Å². The van der Waals surface area contributed by atoms with Gasteiger partial charge in [-0.05, 0) is 66.5 Å². The van der Waals surface area contributed by atoms with Crippen molar-refractivity contribution >= 4 is 17.3 Å². The number of Topliss-reactive ketones (excluding diaryl/α,β-unsaturated/α-hetero) is 1. The highest BCUT2D eigenvalue weighted by molar-refractivity contribution is 6.14. The first-order valence-electron chi connectivity index (χ1n) is 9.00. The Kier molecular flexibility index (Phi) is 3.45. The average molecular weight is 324 g/mol. The zero-order valence-corrected chi connectivity index (χ0v) is 14.2. The summed E-state index contributed by atoms with van der Waals surface area (Å²) in [5.41, 5.74) is 3.46. The normalized spacial score (nSPS) is 34.2. The van der Waals surface area contributed by atoms with Crippen LogP contribution in [0.4, 0.5) is 0 Å². The molecule has 2 fully saturated rings. The first-order chi connectivity index (χ1) is 11.4. The van der Waals surface area contributed by atoms with Crippen LogP contribution >= 0.6 is 0 Å². The van der Waals surface area contributed by atoms with Crippen molar-refractivity contribution in [2.24, 2.45) is 17.3 Å². The van der Waals surface area contributed by atoms with Crippen LogP contribution in [0.25, 0.3) is 5.57 Å². The van der Waals surface area contributed by atoms with Crippen LogP contribution in [0.15, 0.2) is 24.8 Å². The number of carbonyl (C=O) groups excluding carboxylic acids is 1. The summed E-state index contributed by atoms with van der Waals surface area (Å²) in [5, 5.41) is 9.15. The predicted octanol–water partition coefficient (Wildman–Crippen LogP) is 4.21. The Morgan fingerprint density at radius 3 is 2.79 bits per heavy atom. The van der Waals surface area contributed by atoms with Gasteiger partial charge in [0.25, 0.3) is 0 Å². The van der Waals surface area contributed by atoms with Gasteiger partial charge >= 0.3 is 5.97 Å². The van der Waals surface area contributed by atoms with Crippen LogP contribution in [-0.4, -0.2) is 16.9 Å². The molecule has 0 spiro atoms. The first kappa shape index (κ1) is 15.6. The lowest BCUT2D eigenvalue weighted by Crippen LogP contribution is -2.42. The molecular formula is C21H24O3. The fourth-order valence-corrected chi connectivity index (χ4v) is 5.66. The van der Waals surface area contributed by atoms with Crippen LogP contribution in [0.2, 0.25) is 0 Å². The number of benzene rings is 1. The van der Waals surface area contributed by atoms with Crippen LogP contribution in [0.3, 0.4) is 0 Å². The lowest BCUT2D eigenvalue weighted by atomic mass is 9.55. The van der Waals surface area contributed by atoms with E-state index >= 15 is 0 Å². The minimum Gasteiger partial charge on any atom is -0.478 e. The first-order valence-corrected chi connectivity index (χ1v) is 9.00. The van der Waals surface area contributed by atoms with E-state index in [1.165, 1.54) is 11.1 Å². The van der Waals surface area contributed by atoms with E-state index in [4.69, 9.17) is 5.11 Å². The minimum atomic E-state index is -0.957. The Bertz CT molecular complexity index is 747. The largest absolute Gasteiger partial charge is 0.478 e. The van der Waals surface area contributed by atoms with Gasteiger partial charge in [-0.25, -0.2) is 4.79 Å². The molecule has 0 radical (unpaired) electrons. The molecule has 0 heterocycles. The number of aryl methyl sites for hydroxylation is 1. The fourth-order valence-electron chi connectivity index (χ4n) is 5.66. The van der Waals surface area contributed by atoms with Crippen LogP contribution in [0, 0.1) is 17.3 Å². The number of carbonyl (C=O) groups is 2. The van der Waals surface area contributed by atoms with Crippen molar-refractivity contribution in [2.75, 3.05) is 0 Å². The lowest BCUT2D eigenvalue weighted by Gasteiger charge is -2.48. The Morgan fingerprint density at radius 2 is 2.04 bits per heavy atom. The number of aliphatic carboxylic acids is 1. The minimum absolute atomic E-state index is 0.0871. The number of hydrogen-bond donors (Lipinski definition) is 1. The highest BCUT2D eigenvalue weighted by Gasteiger charge is 2.54. The third-order valence-corrected chi connectivity index (χ3v) is 7.04. The van der Waals surface area contributed by atoms with E-state index in [1.807, 2.05) is 12.1 Å². The number of ketones is 1. The second kappa shape index (κ2) is 5.30. The molecule has 0 aromatic heterocycles. The smallest absolute Gasteiger partial charge is 0.335 e. The maximum absolute atomic E-state index is 12.4. The van der Waals surface area contributed by atoms with E-state index in [0.717, 1.165) is 44.1 Å². The third-order valence-electron chi connectivity index (χ3n) is 7.04. The van der Waals surface area contributed by atoms with Gasteiger partial charge < -0.3 is 5.11 Å². The number of carboxylic acid groups (broad SMARTS) is 1. The van der Waals surface area contributed by atoms with E-state index in [2.05, 4.69) is 19.6 Å². The zero-order valence-electron chi connectivity index (χ0n) is 14.2. The molecule has 3 heteroatoms. The molecule has 24 heavy (non-hydrogen) atoms. The molecule has 0 bridgehead atoms. The fraction of sp³-hybridized carbons (Fsp3) is 0.524. The molecule has 0 saturated heterocycles. The molecule has 0 amide bonds. The van der Waals surface area contributed by atoms with Crippen LogP contribution in [0.1, 0.15) is 61.6 Å². The number of rotatable bonds is 2. The van der Waals surface area contributed by atoms with Gasteiger partial charge in [-0.1, -0.05) is 31.7 Å². The molecule has 1 aromatic carbocycles. The molecule has 2 saturated carbocycles. The molecule has 0 unspecified atom stereocenters. The van der Waals surface area contributed by atoms with E-state index in [9.17, 15) is 9.59 Å². The summed E-state index contributed by atoms with van der Waals surface area (Å²) < 4.78 is 0. The van der Waals surface area contributed by atoms with Gasteiger partial charge in [0, 0.05) is 11.8 Å². The summed E-state index contributed by atoms with van der Waals surface area (Å²) in [6.07, 6.45) is 6.00. The molecule has 4 rings (SSSR count). The zero-order chi connectivity index (χ0) is 17.1. The van der Waals surface area contributed by atoms with Crippen molar-refractivity contribution in [3.8, 4) is 0 Å². The quantitative estimate of drug-likeness (QED) is 0.829. The Labute approximate surface area is 142 Å². The van der Waals surface area contributed by atoms with Gasteiger partial charge in [0.1, 0.15) is 5.78 Å². The SMILES string of the molecule is C=C(C(=O)O)c1ccc2c(c1)CC[C@H]1[C@@H]2CC[C@]2(C)C(=O)CC[C@@H]12. The maximum atomic E-state index is 12.4. The van der Waals surface area contributed by atoms with Crippen LogP contribution in [0.5, 0.6) is 0 Å². The number of carboxylic acids is 1. The van der Waals surface area contributed by atoms with Crippen molar-refractivity contribution in [1.29, 1.82) is 0 Å². The summed E-state index contributed by atoms with van der Waals surface area (Å²) in [4.78, 5) is 23.5. The van der Waals surface area contributed by atoms with E-state index in [-0.39, 0.29) is 11.0 Å². The lowest BCUT2D eigenvalue weighted by molar-refractivity contribution is -0.130. The van der Waals surface area contributed by atoms with Crippen molar-refractivity contribution in [3.05, 3.63) is 41.5 Å². The monoisotopic (exact) mass is 324 g/mol. The molecular weight excluding hydrogens is 300 g/mol. The summed E-state index contributed by atoms with van der Waals surface area (Å²) in [6, 6.07) is 6.05. The van der Waals surface area contributed by atoms with Crippen molar-refractivity contribution in [1.82, 2.24) is 0 Å². The summed E-state index contributed by atoms with van der Waals surface area (Å²) in [5.74, 6) is 1.19. The third kappa shape index (κ3) is 2.10. The Hall–Kier alpha value is -1.90. The molecule has 4 atom stereocenters. The number of hydrogen-bond acceptors (Lipinski definition) is 2. The number of fused-ring (bicyclic) bond motifs is 5.